The molecule has 1 heterocycles. The van der Waals surface area contributed by atoms with Gasteiger partial charge in [0.25, 0.3) is 0 Å². The fourth-order valence-corrected chi connectivity index (χ4v) is 4.20. The van der Waals surface area contributed by atoms with Crippen molar-refractivity contribution >= 4 is 38.9 Å². The van der Waals surface area contributed by atoms with Crippen LogP contribution >= 0.6 is 27.3 Å². The van der Waals surface area contributed by atoms with Crippen molar-refractivity contribution in [2.75, 3.05) is 6.54 Å². The minimum atomic E-state index is 0.166. The second-order valence-corrected chi connectivity index (χ2v) is 9.03. The van der Waals surface area contributed by atoms with Crippen molar-refractivity contribution in [3.63, 3.8) is 0 Å². The topological polar surface area (TPSA) is 20.3 Å². The Morgan fingerprint density at radius 2 is 1.88 bits per heavy atom. The second-order valence-electron chi connectivity index (χ2n) is 6.57. The van der Waals surface area contributed by atoms with Crippen LogP contribution < -0.4 is 0 Å². The van der Waals surface area contributed by atoms with Gasteiger partial charge in [-0.1, -0.05) is 65.9 Å². The van der Waals surface area contributed by atoms with E-state index < -0.39 is 0 Å². The molecular formula is C20H32BrNOS. The molecule has 0 saturated carbocycles. The summed E-state index contributed by atoms with van der Waals surface area (Å²) in [5.74, 6) is 0.672. The Labute approximate surface area is 160 Å². The number of amides is 1. The van der Waals surface area contributed by atoms with E-state index in [0.29, 0.717) is 12.3 Å². The molecule has 1 rings (SSSR count). The summed E-state index contributed by atoms with van der Waals surface area (Å²) in [5.41, 5.74) is 0.840. The Balaban J connectivity index is 2.50. The van der Waals surface area contributed by atoms with Gasteiger partial charge in [-0.3, -0.25) is 4.79 Å². The molecule has 1 amide bonds. The molecule has 0 spiro atoms. The van der Waals surface area contributed by atoms with Crippen molar-refractivity contribution in [3.05, 3.63) is 27.4 Å². The molecule has 24 heavy (non-hydrogen) atoms. The summed E-state index contributed by atoms with van der Waals surface area (Å²) < 4.78 is 1.07. The molecule has 2 nitrogen and oxygen atoms in total. The Kier molecular flexibility index (Phi) is 10.6. The molecule has 1 aromatic heterocycles. The third-order valence-electron chi connectivity index (χ3n) is 4.33. The fourth-order valence-electron chi connectivity index (χ4n) is 2.83. The molecule has 0 aliphatic carbocycles. The average Bonchev–Trinajstić information content (AvgIpc) is 3.01. The zero-order valence-electron chi connectivity index (χ0n) is 15.4. The molecule has 0 aromatic carbocycles. The summed E-state index contributed by atoms with van der Waals surface area (Å²) in [5, 5.41) is 0. The second kappa shape index (κ2) is 11.9. The Morgan fingerprint density at radius 3 is 2.46 bits per heavy atom. The summed E-state index contributed by atoms with van der Waals surface area (Å²) in [6, 6.07) is 4.05. The molecule has 4 heteroatoms. The molecule has 0 aliphatic rings. The maximum absolute atomic E-state index is 12.4. The summed E-state index contributed by atoms with van der Waals surface area (Å²) in [4.78, 5) is 15.3. The molecule has 0 N–H and O–H groups in total. The number of thiophene rings is 1. The largest absolute Gasteiger partial charge is 0.311 e. The zero-order valence-corrected chi connectivity index (χ0v) is 17.8. The van der Waals surface area contributed by atoms with E-state index in [1.807, 2.05) is 24.0 Å². The zero-order chi connectivity index (χ0) is 17.9. The number of rotatable bonds is 12. The van der Waals surface area contributed by atoms with Crippen molar-refractivity contribution < 1.29 is 4.79 Å². The lowest BCUT2D eigenvalue weighted by Gasteiger charge is -2.27. The number of unbranched alkanes of at least 4 members (excludes halogenated alkanes) is 5. The standard InChI is InChI=1S/C20H32BrNOS/c1-5-7-8-9-10-11-12-16(3)15-22(20(23)6-2)17(4)18-13-14-19(21)24-18/h13-14,16H,4-12,15H2,1-3H3. The molecule has 0 aliphatic heterocycles. The van der Waals surface area contributed by atoms with Gasteiger partial charge in [0.05, 0.1) is 14.4 Å². The third-order valence-corrected chi connectivity index (χ3v) is 6.00. The van der Waals surface area contributed by atoms with Crippen LogP contribution in [-0.4, -0.2) is 17.4 Å². The van der Waals surface area contributed by atoms with E-state index in [0.717, 1.165) is 20.9 Å². The number of halogens is 1. The van der Waals surface area contributed by atoms with Crippen LogP contribution in [0, 0.1) is 5.92 Å². The van der Waals surface area contributed by atoms with Crippen LogP contribution in [0.4, 0.5) is 0 Å². The first kappa shape index (κ1) is 21.4. The van der Waals surface area contributed by atoms with E-state index in [1.54, 1.807) is 11.3 Å². The number of carbonyl (C=O) groups is 1. The van der Waals surface area contributed by atoms with Crippen LogP contribution in [0.2, 0.25) is 0 Å². The van der Waals surface area contributed by atoms with Crippen LogP contribution in [0.3, 0.4) is 0 Å². The summed E-state index contributed by atoms with van der Waals surface area (Å²) in [7, 11) is 0. The summed E-state index contributed by atoms with van der Waals surface area (Å²) >= 11 is 5.12. The van der Waals surface area contributed by atoms with Crippen molar-refractivity contribution in [1.82, 2.24) is 4.90 Å². The minimum Gasteiger partial charge on any atom is -0.311 e. The number of carbonyl (C=O) groups excluding carboxylic acids is 1. The SMILES string of the molecule is C=C(c1ccc(Br)s1)N(CC(C)CCCCCCCC)C(=O)CC. The summed E-state index contributed by atoms with van der Waals surface area (Å²) in [6.07, 6.45) is 9.62. The Morgan fingerprint density at radius 1 is 1.21 bits per heavy atom. The lowest BCUT2D eigenvalue weighted by Crippen LogP contribution is -2.32. The highest BCUT2D eigenvalue weighted by atomic mass is 79.9. The van der Waals surface area contributed by atoms with Gasteiger partial charge in [-0.15, -0.1) is 11.3 Å². The highest BCUT2D eigenvalue weighted by Gasteiger charge is 2.20. The normalized spacial score (nSPS) is 12.2. The molecule has 1 aromatic rings. The number of hydrogen-bond acceptors (Lipinski definition) is 2. The Bertz CT molecular complexity index is 511. The van der Waals surface area contributed by atoms with E-state index in [-0.39, 0.29) is 5.91 Å². The van der Waals surface area contributed by atoms with Crippen molar-refractivity contribution in [1.29, 1.82) is 0 Å². The highest BCUT2D eigenvalue weighted by molar-refractivity contribution is 9.11. The maximum Gasteiger partial charge on any atom is 0.226 e. The number of hydrogen-bond donors (Lipinski definition) is 0. The van der Waals surface area contributed by atoms with Gasteiger partial charge < -0.3 is 4.90 Å². The van der Waals surface area contributed by atoms with Gasteiger partial charge in [0.1, 0.15) is 0 Å². The fraction of sp³-hybridized carbons (Fsp3) is 0.650. The lowest BCUT2D eigenvalue weighted by molar-refractivity contribution is -0.128. The molecule has 0 fully saturated rings. The van der Waals surface area contributed by atoms with Crippen LogP contribution in [0.25, 0.3) is 5.70 Å². The van der Waals surface area contributed by atoms with Gasteiger partial charge in [-0.05, 0) is 40.4 Å². The molecule has 0 radical (unpaired) electrons. The van der Waals surface area contributed by atoms with Gasteiger partial charge in [0.15, 0.2) is 0 Å². The van der Waals surface area contributed by atoms with Crippen LogP contribution in [-0.2, 0) is 4.79 Å². The molecule has 0 bridgehead atoms. The van der Waals surface area contributed by atoms with Gasteiger partial charge >= 0.3 is 0 Å². The summed E-state index contributed by atoms with van der Waals surface area (Å²) in [6.45, 7) is 11.4. The molecular weight excluding hydrogens is 382 g/mol. The highest BCUT2D eigenvalue weighted by Crippen LogP contribution is 2.30. The lowest BCUT2D eigenvalue weighted by atomic mass is 10.0. The van der Waals surface area contributed by atoms with Crippen molar-refractivity contribution in [3.8, 4) is 0 Å². The van der Waals surface area contributed by atoms with E-state index in [2.05, 4.69) is 36.4 Å². The van der Waals surface area contributed by atoms with Crippen molar-refractivity contribution in [2.45, 2.75) is 72.1 Å². The first-order valence-electron chi connectivity index (χ1n) is 9.24. The van der Waals surface area contributed by atoms with E-state index in [1.165, 1.54) is 44.9 Å². The van der Waals surface area contributed by atoms with Gasteiger partial charge in [-0.25, -0.2) is 0 Å². The number of nitrogens with zero attached hydrogens (tertiary/aromatic N) is 1. The predicted molar refractivity (Wildman–Crippen MR) is 110 cm³/mol. The minimum absolute atomic E-state index is 0.166. The van der Waals surface area contributed by atoms with E-state index >= 15 is 0 Å². The molecule has 0 saturated heterocycles. The van der Waals surface area contributed by atoms with E-state index in [9.17, 15) is 4.79 Å². The van der Waals surface area contributed by atoms with Gasteiger partial charge in [0, 0.05) is 13.0 Å². The first-order chi connectivity index (χ1) is 11.5. The average molecular weight is 414 g/mol. The first-order valence-corrected chi connectivity index (χ1v) is 10.9. The van der Waals surface area contributed by atoms with Crippen LogP contribution in [0.15, 0.2) is 22.5 Å². The van der Waals surface area contributed by atoms with E-state index in [4.69, 9.17) is 0 Å². The molecule has 136 valence electrons. The molecule has 1 unspecified atom stereocenters. The van der Waals surface area contributed by atoms with Gasteiger partial charge in [0.2, 0.25) is 5.91 Å². The van der Waals surface area contributed by atoms with Crippen LogP contribution in [0.1, 0.15) is 77.0 Å². The van der Waals surface area contributed by atoms with Crippen molar-refractivity contribution in [2.24, 2.45) is 5.92 Å². The molecule has 1 atom stereocenters. The third kappa shape index (κ3) is 7.52. The smallest absolute Gasteiger partial charge is 0.226 e. The predicted octanol–water partition coefficient (Wildman–Crippen LogP) is 7.11. The quantitative estimate of drug-likeness (QED) is 0.334. The van der Waals surface area contributed by atoms with Gasteiger partial charge in [-0.2, -0.15) is 0 Å². The Hall–Kier alpha value is -0.610. The monoisotopic (exact) mass is 413 g/mol. The maximum atomic E-state index is 12.4. The van der Waals surface area contributed by atoms with Crippen LogP contribution in [0.5, 0.6) is 0 Å².